The molecule has 3 heteroatoms. The Morgan fingerprint density at radius 1 is 0.963 bits per heavy atom. The third kappa shape index (κ3) is 3.04. The summed E-state index contributed by atoms with van der Waals surface area (Å²) in [5.74, 6) is 1.75. The van der Waals surface area contributed by atoms with E-state index in [4.69, 9.17) is 10.00 Å². The second-order valence-electron chi connectivity index (χ2n) is 6.83. The molecule has 0 aromatic heterocycles. The summed E-state index contributed by atoms with van der Waals surface area (Å²) in [6.45, 7) is 8.11. The zero-order valence-electron chi connectivity index (χ0n) is 15.9. The fourth-order valence-corrected chi connectivity index (χ4v) is 3.60. The largest absolute Gasteiger partial charge is 0.456 e. The molecule has 3 aromatic carbocycles. The normalized spacial score (nSPS) is 13.0. The number of nitriles is 1. The molecular weight excluding hydrogens is 332 g/mol. The molecule has 3 nitrogen and oxygen atoms in total. The lowest BCUT2D eigenvalue weighted by atomic mass is 10.0. The number of fused-ring (bicyclic) bond motifs is 3. The van der Waals surface area contributed by atoms with E-state index < -0.39 is 0 Å². The van der Waals surface area contributed by atoms with E-state index in [-0.39, 0.29) is 0 Å². The molecule has 27 heavy (non-hydrogen) atoms. The van der Waals surface area contributed by atoms with Crippen molar-refractivity contribution in [3.63, 3.8) is 0 Å². The van der Waals surface area contributed by atoms with Crippen LogP contribution in [0.2, 0.25) is 0 Å². The number of benzene rings is 3. The van der Waals surface area contributed by atoms with Gasteiger partial charge in [-0.15, -0.1) is 0 Å². The zero-order chi connectivity index (χ0) is 19.0. The second-order valence-corrected chi connectivity index (χ2v) is 6.83. The van der Waals surface area contributed by atoms with Crippen molar-refractivity contribution >= 4 is 28.1 Å². The first-order valence-electron chi connectivity index (χ1n) is 9.36. The van der Waals surface area contributed by atoms with Crippen LogP contribution in [0.15, 0.2) is 48.5 Å². The maximum Gasteiger partial charge on any atom is 0.136 e. The monoisotopic (exact) mass is 354 g/mol. The Hall–Kier alpha value is -3.25. The highest BCUT2D eigenvalue weighted by Crippen LogP contribution is 2.33. The molecule has 0 N–H and O–H groups in total. The van der Waals surface area contributed by atoms with Crippen LogP contribution in [0.5, 0.6) is 11.5 Å². The first-order chi connectivity index (χ1) is 13.1. The minimum atomic E-state index is 0.719. The summed E-state index contributed by atoms with van der Waals surface area (Å²) < 4.78 is 6.26. The standard InChI is InChI=1S/C24H22N2O/c1-4-26(5-2)22-9-8-19-12-21-11-18-7-6-17(16(3)15-25)10-20(18)13-23(21)27-24(19)14-22/h6-14H,4-5H2,1-3H3/b17-16-. The molecule has 1 aliphatic heterocycles. The third-order valence-electron chi connectivity index (χ3n) is 5.23. The van der Waals surface area contributed by atoms with Crippen molar-refractivity contribution in [1.29, 1.82) is 5.26 Å². The highest BCUT2D eigenvalue weighted by Gasteiger charge is 2.14. The lowest BCUT2D eigenvalue weighted by Crippen LogP contribution is -2.22. The van der Waals surface area contributed by atoms with Gasteiger partial charge in [-0.2, -0.15) is 5.26 Å². The Morgan fingerprint density at radius 2 is 1.78 bits per heavy atom. The van der Waals surface area contributed by atoms with Crippen LogP contribution in [0.3, 0.4) is 0 Å². The van der Waals surface area contributed by atoms with Crippen molar-refractivity contribution < 1.29 is 4.74 Å². The van der Waals surface area contributed by atoms with Crippen LogP contribution < -0.4 is 20.1 Å². The van der Waals surface area contributed by atoms with Crippen molar-refractivity contribution in [3.05, 3.63) is 64.5 Å². The Bertz CT molecular complexity index is 1200. The van der Waals surface area contributed by atoms with Crippen LogP contribution >= 0.6 is 0 Å². The van der Waals surface area contributed by atoms with Crippen LogP contribution in [-0.4, -0.2) is 13.1 Å². The predicted molar refractivity (Wildman–Crippen MR) is 112 cm³/mol. The number of nitrogens with zero attached hydrogens (tertiary/aromatic N) is 2. The smallest absolute Gasteiger partial charge is 0.136 e. The molecule has 3 aromatic rings. The summed E-state index contributed by atoms with van der Waals surface area (Å²) in [6, 6.07) is 19.0. The van der Waals surface area contributed by atoms with Crippen LogP contribution in [0, 0.1) is 11.3 Å². The SMILES string of the molecule is CCN(CC)c1ccc2c(c1)Oc1cc3c/c(=C(/C)C#N)ccc3cc1=C2. The molecule has 0 fully saturated rings. The summed E-state index contributed by atoms with van der Waals surface area (Å²) in [7, 11) is 0. The molecule has 0 bridgehead atoms. The van der Waals surface area contributed by atoms with E-state index in [1.165, 1.54) is 5.69 Å². The fraction of sp³-hybridized carbons (Fsp3) is 0.208. The van der Waals surface area contributed by atoms with Gasteiger partial charge in [0.05, 0.1) is 6.07 Å². The number of ether oxygens (including phenoxy) is 1. The van der Waals surface area contributed by atoms with Crippen molar-refractivity contribution in [3.8, 4) is 17.6 Å². The van der Waals surface area contributed by atoms with Crippen LogP contribution in [0.25, 0.3) is 22.4 Å². The van der Waals surface area contributed by atoms with Gasteiger partial charge < -0.3 is 9.64 Å². The van der Waals surface area contributed by atoms with E-state index >= 15 is 0 Å². The summed E-state index contributed by atoms with van der Waals surface area (Å²) in [6.07, 6.45) is 2.18. The van der Waals surface area contributed by atoms with Gasteiger partial charge in [0.15, 0.2) is 0 Å². The number of hydrogen-bond donors (Lipinski definition) is 0. The topological polar surface area (TPSA) is 36.3 Å². The second kappa shape index (κ2) is 6.81. The van der Waals surface area contributed by atoms with Gasteiger partial charge in [0.1, 0.15) is 11.5 Å². The van der Waals surface area contributed by atoms with Crippen LogP contribution in [-0.2, 0) is 0 Å². The van der Waals surface area contributed by atoms with Crippen LogP contribution in [0.1, 0.15) is 26.3 Å². The Balaban J connectivity index is 1.85. The number of anilines is 1. The number of rotatable bonds is 3. The lowest BCUT2D eigenvalue weighted by Gasteiger charge is -2.23. The van der Waals surface area contributed by atoms with Gasteiger partial charge in [0.25, 0.3) is 0 Å². The molecule has 1 heterocycles. The quantitative estimate of drug-likeness (QED) is 0.550. The molecular formula is C24H22N2O. The van der Waals surface area contributed by atoms with Gasteiger partial charge in [0.2, 0.25) is 0 Å². The summed E-state index contributed by atoms with van der Waals surface area (Å²) in [5, 5.41) is 13.4. The summed E-state index contributed by atoms with van der Waals surface area (Å²) in [4.78, 5) is 2.31. The molecule has 0 atom stereocenters. The van der Waals surface area contributed by atoms with E-state index in [9.17, 15) is 0 Å². The fourth-order valence-electron chi connectivity index (χ4n) is 3.60. The minimum absolute atomic E-state index is 0.719. The van der Waals surface area contributed by atoms with Gasteiger partial charge in [-0.3, -0.25) is 0 Å². The molecule has 0 saturated carbocycles. The van der Waals surface area contributed by atoms with Gasteiger partial charge in [0, 0.05) is 41.2 Å². The summed E-state index contributed by atoms with van der Waals surface area (Å²) >= 11 is 0. The van der Waals surface area contributed by atoms with E-state index in [2.05, 4.69) is 73.4 Å². The third-order valence-corrected chi connectivity index (χ3v) is 5.23. The van der Waals surface area contributed by atoms with Gasteiger partial charge in [-0.05, 0) is 73.2 Å². The molecule has 0 radical (unpaired) electrons. The Kier molecular flexibility index (Phi) is 4.33. The van der Waals surface area contributed by atoms with Gasteiger partial charge in [-0.25, -0.2) is 0 Å². The zero-order valence-corrected chi connectivity index (χ0v) is 15.9. The minimum Gasteiger partial charge on any atom is -0.456 e. The van der Waals surface area contributed by atoms with Crippen molar-refractivity contribution in [2.24, 2.45) is 0 Å². The average molecular weight is 354 g/mol. The molecule has 4 rings (SSSR count). The van der Waals surface area contributed by atoms with Crippen molar-refractivity contribution in [2.45, 2.75) is 20.8 Å². The molecule has 0 saturated heterocycles. The number of hydrogen-bond acceptors (Lipinski definition) is 3. The Morgan fingerprint density at radius 3 is 2.52 bits per heavy atom. The predicted octanol–water partition coefficient (Wildman–Crippen LogP) is 4.31. The Labute approximate surface area is 159 Å². The van der Waals surface area contributed by atoms with Crippen molar-refractivity contribution in [1.82, 2.24) is 0 Å². The van der Waals surface area contributed by atoms with E-state index in [0.29, 0.717) is 0 Å². The molecule has 0 unspecified atom stereocenters. The average Bonchev–Trinajstić information content (AvgIpc) is 2.70. The maximum atomic E-state index is 9.15. The molecule has 134 valence electrons. The molecule has 0 aliphatic carbocycles. The lowest BCUT2D eigenvalue weighted by molar-refractivity contribution is 0.474. The molecule has 0 spiro atoms. The first-order valence-corrected chi connectivity index (χ1v) is 9.36. The van der Waals surface area contributed by atoms with Crippen LogP contribution in [0.4, 0.5) is 5.69 Å². The highest BCUT2D eigenvalue weighted by atomic mass is 16.5. The van der Waals surface area contributed by atoms with Crippen molar-refractivity contribution in [2.75, 3.05) is 18.0 Å². The van der Waals surface area contributed by atoms with Gasteiger partial charge in [-0.1, -0.05) is 12.1 Å². The summed E-state index contributed by atoms with van der Waals surface area (Å²) in [5.41, 5.74) is 3.00. The molecule has 1 aliphatic rings. The maximum absolute atomic E-state index is 9.15. The highest BCUT2D eigenvalue weighted by molar-refractivity contribution is 5.86. The first kappa shape index (κ1) is 17.2. The van der Waals surface area contributed by atoms with E-state index in [0.717, 1.165) is 56.9 Å². The van der Waals surface area contributed by atoms with E-state index in [1.807, 2.05) is 13.0 Å². The molecule has 0 amide bonds. The van der Waals surface area contributed by atoms with Gasteiger partial charge >= 0.3 is 0 Å². The van der Waals surface area contributed by atoms with E-state index in [1.54, 1.807) is 0 Å².